The van der Waals surface area contributed by atoms with E-state index in [1.807, 2.05) is 12.1 Å². The Hall–Kier alpha value is -2.10. The van der Waals surface area contributed by atoms with Crippen molar-refractivity contribution in [1.29, 1.82) is 0 Å². The van der Waals surface area contributed by atoms with Crippen molar-refractivity contribution >= 4 is 6.08 Å². The second kappa shape index (κ2) is 4.29. The molecule has 92 valence electrons. The number of hydrogen-bond donors (Lipinski definition) is 0. The summed E-state index contributed by atoms with van der Waals surface area (Å²) in [5.74, 6) is 0.217. The summed E-state index contributed by atoms with van der Waals surface area (Å²) in [4.78, 5) is 3.71. The molecule has 0 fully saturated rings. The molecular formula is C14H13FN2O. The number of ether oxygens (including phenoxy) is 1. The molecule has 3 nitrogen and oxygen atoms in total. The monoisotopic (exact) mass is 244 g/mol. The minimum atomic E-state index is -0.466. The number of methoxy groups -OCH3 is 1. The van der Waals surface area contributed by atoms with Gasteiger partial charge in [-0.2, -0.15) is 4.39 Å². The predicted octanol–water partition coefficient (Wildman–Crippen LogP) is 3.11. The summed E-state index contributed by atoms with van der Waals surface area (Å²) in [6, 6.07) is 5.39. The van der Waals surface area contributed by atoms with Crippen molar-refractivity contribution in [2.75, 3.05) is 7.11 Å². The lowest BCUT2D eigenvalue weighted by molar-refractivity contribution is 0.415. The van der Waals surface area contributed by atoms with E-state index in [1.54, 1.807) is 19.2 Å². The maximum Gasteiger partial charge on any atom is 0.222 e. The van der Waals surface area contributed by atoms with E-state index in [9.17, 15) is 4.39 Å². The minimum absolute atomic E-state index is 0.466. The van der Waals surface area contributed by atoms with Crippen LogP contribution in [0, 0.1) is 5.95 Å². The molecule has 0 aliphatic carbocycles. The molecule has 0 aromatic carbocycles. The number of allylic oxidation sites excluding steroid dienone is 1. The summed E-state index contributed by atoms with van der Waals surface area (Å²) in [5.41, 5.74) is 2.29. The zero-order chi connectivity index (χ0) is 12.5. The molecule has 3 heterocycles. The molecule has 0 saturated carbocycles. The van der Waals surface area contributed by atoms with E-state index in [-0.39, 0.29) is 0 Å². The van der Waals surface area contributed by atoms with Gasteiger partial charge in [0.05, 0.1) is 18.4 Å². The van der Waals surface area contributed by atoms with Crippen molar-refractivity contribution < 1.29 is 9.13 Å². The van der Waals surface area contributed by atoms with Crippen LogP contribution in [0.2, 0.25) is 0 Å². The van der Waals surface area contributed by atoms with E-state index in [0.717, 1.165) is 24.4 Å². The largest absolute Gasteiger partial charge is 0.494 e. The second-order valence-electron chi connectivity index (χ2n) is 4.17. The van der Waals surface area contributed by atoms with Gasteiger partial charge >= 0.3 is 0 Å². The normalized spacial score (nSPS) is 13.4. The number of pyridine rings is 1. The van der Waals surface area contributed by atoms with Crippen molar-refractivity contribution in [3.63, 3.8) is 0 Å². The van der Waals surface area contributed by atoms with Crippen LogP contribution in [0.5, 0.6) is 5.75 Å². The van der Waals surface area contributed by atoms with Crippen LogP contribution in [-0.2, 0) is 6.54 Å². The zero-order valence-corrected chi connectivity index (χ0v) is 10.1. The molecule has 0 spiro atoms. The van der Waals surface area contributed by atoms with E-state index < -0.39 is 5.95 Å². The van der Waals surface area contributed by atoms with Gasteiger partial charge in [-0.05, 0) is 24.6 Å². The zero-order valence-electron chi connectivity index (χ0n) is 10.1. The van der Waals surface area contributed by atoms with Gasteiger partial charge in [-0.3, -0.25) is 0 Å². The lowest BCUT2D eigenvalue weighted by Crippen LogP contribution is -2.06. The highest BCUT2D eigenvalue weighted by Gasteiger charge is 2.20. The Balaban J connectivity index is 2.25. The molecule has 0 saturated heterocycles. The first-order valence-electron chi connectivity index (χ1n) is 5.86. The third-order valence-corrected chi connectivity index (χ3v) is 3.14. The highest BCUT2D eigenvalue weighted by molar-refractivity contribution is 5.71. The van der Waals surface area contributed by atoms with Crippen molar-refractivity contribution in [2.45, 2.75) is 13.0 Å². The van der Waals surface area contributed by atoms with Crippen molar-refractivity contribution in [1.82, 2.24) is 9.55 Å². The molecule has 0 atom stereocenters. The molecular weight excluding hydrogens is 231 g/mol. The highest BCUT2D eigenvalue weighted by Crippen LogP contribution is 2.36. The molecule has 4 heteroatoms. The predicted molar refractivity (Wildman–Crippen MR) is 67.8 cm³/mol. The van der Waals surface area contributed by atoms with Crippen LogP contribution in [-0.4, -0.2) is 16.7 Å². The fourth-order valence-corrected chi connectivity index (χ4v) is 2.33. The summed E-state index contributed by atoms with van der Waals surface area (Å²) in [7, 11) is 1.60. The molecule has 0 radical (unpaired) electrons. The first-order chi connectivity index (χ1) is 8.81. The average molecular weight is 244 g/mol. The maximum absolute atomic E-state index is 13.8. The molecule has 18 heavy (non-hydrogen) atoms. The Morgan fingerprint density at radius 2 is 2.33 bits per heavy atom. The summed E-state index contributed by atoms with van der Waals surface area (Å²) in [6.45, 7) is 0.832. The number of halogens is 1. The molecule has 3 rings (SSSR count). The topological polar surface area (TPSA) is 27.1 Å². The van der Waals surface area contributed by atoms with Gasteiger partial charge in [0, 0.05) is 24.5 Å². The smallest absolute Gasteiger partial charge is 0.222 e. The van der Waals surface area contributed by atoms with Crippen molar-refractivity contribution in [2.24, 2.45) is 0 Å². The van der Waals surface area contributed by atoms with E-state index in [4.69, 9.17) is 4.74 Å². The molecule has 1 aliphatic heterocycles. The van der Waals surface area contributed by atoms with Crippen LogP contribution >= 0.6 is 0 Å². The van der Waals surface area contributed by atoms with Crippen LogP contribution in [0.1, 0.15) is 12.1 Å². The lowest BCUT2D eigenvalue weighted by atomic mass is 10.2. The third kappa shape index (κ3) is 1.61. The van der Waals surface area contributed by atoms with E-state index in [0.29, 0.717) is 11.3 Å². The molecule has 2 aromatic rings. The van der Waals surface area contributed by atoms with E-state index in [1.165, 1.54) is 6.20 Å². The first-order valence-corrected chi connectivity index (χ1v) is 5.86. The minimum Gasteiger partial charge on any atom is -0.494 e. The van der Waals surface area contributed by atoms with Gasteiger partial charge in [0.1, 0.15) is 5.75 Å². The van der Waals surface area contributed by atoms with E-state index in [2.05, 4.69) is 15.6 Å². The first kappa shape index (κ1) is 11.0. The number of nitrogens with zero attached hydrogens (tertiary/aromatic N) is 2. The Morgan fingerprint density at radius 1 is 1.44 bits per heavy atom. The molecule has 0 N–H and O–H groups in total. The number of hydrogen-bond acceptors (Lipinski definition) is 2. The summed E-state index contributed by atoms with van der Waals surface area (Å²) in [5, 5.41) is 0. The fraction of sp³-hybridized carbons (Fsp3) is 0.214. The second-order valence-corrected chi connectivity index (χ2v) is 4.17. The number of fused-ring (bicyclic) bond motifs is 1. The van der Waals surface area contributed by atoms with Crippen molar-refractivity contribution in [3.8, 4) is 17.0 Å². The average Bonchev–Trinajstić information content (AvgIpc) is 2.78. The van der Waals surface area contributed by atoms with Gasteiger partial charge in [0.25, 0.3) is 0 Å². The van der Waals surface area contributed by atoms with Crippen molar-refractivity contribution in [3.05, 3.63) is 42.1 Å². The Kier molecular flexibility index (Phi) is 2.63. The van der Waals surface area contributed by atoms with Gasteiger partial charge in [-0.1, -0.05) is 6.08 Å². The van der Waals surface area contributed by atoms with E-state index >= 15 is 0 Å². The van der Waals surface area contributed by atoms with Crippen LogP contribution < -0.4 is 4.74 Å². The quantitative estimate of drug-likeness (QED) is 0.759. The molecule has 1 aliphatic rings. The molecule has 0 unspecified atom stereocenters. The van der Waals surface area contributed by atoms with Gasteiger partial charge < -0.3 is 9.30 Å². The van der Waals surface area contributed by atoms with Gasteiger partial charge in [0.15, 0.2) is 0 Å². The summed E-state index contributed by atoms with van der Waals surface area (Å²) in [6.07, 6.45) is 6.53. The highest BCUT2D eigenvalue weighted by atomic mass is 19.1. The summed E-state index contributed by atoms with van der Waals surface area (Å²) < 4.78 is 21.3. The van der Waals surface area contributed by atoms with Crippen LogP contribution in [0.3, 0.4) is 0 Å². The number of rotatable bonds is 2. The third-order valence-electron chi connectivity index (χ3n) is 3.14. The molecule has 0 amide bonds. The lowest BCUT2D eigenvalue weighted by Gasteiger charge is -2.14. The maximum atomic E-state index is 13.8. The molecule has 2 aromatic heterocycles. The molecule has 0 bridgehead atoms. The number of aromatic nitrogens is 2. The Bertz CT molecular complexity index is 616. The van der Waals surface area contributed by atoms with Gasteiger partial charge in [-0.25, -0.2) is 4.98 Å². The van der Waals surface area contributed by atoms with Crippen LogP contribution in [0.25, 0.3) is 17.3 Å². The summed E-state index contributed by atoms with van der Waals surface area (Å²) >= 11 is 0. The Morgan fingerprint density at radius 3 is 3.11 bits per heavy atom. The van der Waals surface area contributed by atoms with Crippen LogP contribution in [0.4, 0.5) is 4.39 Å². The van der Waals surface area contributed by atoms with Crippen LogP contribution in [0.15, 0.2) is 30.5 Å². The Labute approximate surface area is 105 Å². The van der Waals surface area contributed by atoms with Gasteiger partial charge in [0.2, 0.25) is 5.95 Å². The standard InChI is InChI=1S/C14H13FN2O/c1-18-12-9-10-5-2-3-8-17(10)13(12)11-6-4-7-16-14(11)15/h2,4-7,9H,3,8H2,1H3. The fourth-order valence-electron chi connectivity index (χ4n) is 2.33. The SMILES string of the molecule is COc1cc2n(c1-c1cccnc1F)CCC=C2. The van der Waals surface area contributed by atoms with Gasteiger partial charge in [-0.15, -0.1) is 0 Å².